The van der Waals surface area contributed by atoms with Gasteiger partial charge in [-0.3, -0.25) is 9.59 Å². The second-order valence-corrected chi connectivity index (χ2v) is 8.65. The molecule has 4 rings (SSSR count). The molecule has 10 heteroatoms. The number of hydrogen-bond donors (Lipinski definition) is 1. The second-order valence-electron chi connectivity index (χ2n) is 8.24. The van der Waals surface area contributed by atoms with Crippen LogP contribution in [0.25, 0.3) is 0 Å². The van der Waals surface area contributed by atoms with Gasteiger partial charge >= 0.3 is 0 Å². The van der Waals surface area contributed by atoms with Crippen LogP contribution in [0.5, 0.6) is 5.75 Å². The number of likely N-dealkylation sites (N-methyl/N-ethyl adjacent to an activating group) is 2. The molecule has 0 spiro atoms. The molecule has 3 heterocycles. The van der Waals surface area contributed by atoms with E-state index in [1.54, 1.807) is 32.3 Å². The lowest BCUT2D eigenvalue weighted by Gasteiger charge is -2.38. The maximum atomic E-state index is 12.8. The Morgan fingerprint density at radius 2 is 1.97 bits per heavy atom. The number of nitrogens with zero attached hydrogens (tertiary/aromatic N) is 5. The third-order valence-electron chi connectivity index (χ3n) is 5.98. The van der Waals surface area contributed by atoms with Crippen molar-refractivity contribution in [3.05, 3.63) is 29.4 Å². The van der Waals surface area contributed by atoms with Gasteiger partial charge in [0, 0.05) is 51.4 Å². The maximum absolute atomic E-state index is 12.8. The summed E-state index contributed by atoms with van der Waals surface area (Å²) in [6, 6.07) is 5.32. The van der Waals surface area contributed by atoms with Gasteiger partial charge in [-0.25, -0.2) is 4.98 Å². The Morgan fingerprint density at radius 1 is 1.25 bits per heavy atom. The number of carbonyl (C=O) groups is 2. The summed E-state index contributed by atoms with van der Waals surface area (Å²) < 4.78 is 5.93. The van der Waals surface area contributed by atoms with E-state index in [0.29, 0.717) is 33.9 Å². The van der Waals surface area contributed by atoms with E-state index < -0.39 is 5.60 Å². The van der Waals surface area contributed by atoms with E-state index in [1.807, 2.05) is 6.07 Å². The Morgan fingerprint density at radius 3 is 2.66 bits per heavy atom. The number of ketones is 1. The summed E-state index contributed by atoms with van der Waals surface area (Å²) in [7, 11) is 3.73. The number of hydrogen-bond acceptors (Lipinski definition) is 8. The minimum Gasteiger partial charge on any atom is -0.468 e. The number of piperazine rings is 1. The van der Waals surface area contributed by atoms with Crippen molar-refractivity contribution in [2.24, 2.45) is 0 Å². The van der Waals surface area contributed by atoms with E-state index in [-0.39, 0.29) is 18.1 Å². The molecule has 9 nitrogen and oxygen atoms in total. The summed E-state index contributed by atoms with van der Waals surface area (Å²) in [5, 5.41) is 3.61. The van der Waals surface area contributed by atoms with Gasteiger partial charge in [-0.05, 0) is 26.1 Å². The fraction of sp³-hybridized carbons (Fsp3) is 0.455. The van der Waals surface area contributed by atoms with E-state index in [9.17, 15) is 9.59 Å². The van der Waals surface area contributed by atoms with Crippen LogP contribution in [0, 0.1) is 0 Å². The standard InChI is InChI=1S/C22H27ClN6O3/c1-5-18(30)22(2)20(31)28(4)16-7-6-14(12-17(16)32-22)25-19-15(23)13-24-21(26-19)29-10-8-27(3)9-11-29/h6-7,12-13H,5,8-11H2,1-4H3,(H,24,25,26). The van der Waals surface area contributed by atoms with Crippen molar-refractivity contribution in [1.82, 2.24) is 14.9 Å². The van der Waals surface area contributed by atoms with E-state index in [1.165, 1.54) is 11.8 Å². The first kappa shape index (κ1) is 22.3. The third-order valence-corrected chi connectivity index (χ3v) is 6.26. The molecule has 0 aliphatic carbocycles. The molecule has 0 saturated carbocycles. The lowest BCUT2D eigenvalue weighted by Crippen LogP contribution is -2.57. The van der Waals surface area contributed by atoms with Gasteiger partial charge in [0.1, 0.15) is 10.8 Å². The summed E-state index contributed by atoms with van der Waals surface area (Å²) in [5.41, 5.74) is -0.285. The zero-order chi connectivity index (χ0) is 23.0. The first-order valence-electron chi connectivity index (χ1n) is 10.6. The minimum absolute atomic E-state index is 0.203. The quantitative estimate of drug-likeness (QED) is 0.684. The molecule has 1 aromatic carbocycles. The number of ether oxygens (including phenoxy) is 1. The van der Waals surface area contributed by atoms with Crippen LogP contribution in [-0.4, -0.2) is 72.4 Å². The molecule has 1 atom stereocenters. The number of carbonyl (C=O) groups excluding carboxylic acids is 2. The van der Waals surface area contributed by atoms with Crippen molar-refractivity contribution in [3.8, 4) is 5.75 Å². The highest BCUT2D eigenvalue weighted by Gasteiger charge is 2.48. The van der Waals surface area contributed by atoms with Crippen LogP contribution in [0.4, 0.5) is 23.1 Å². The fourth-order valence-corrected chi connectivity index (χ4v) is 4.04. The van der Waals surface area contributed by atoms with Crippen LogP contribution in [0.1, 0.15) is 20.3 Å². The molecule has 1 aromatic heterocycles. The lowest BCUT2D eigenvalue weighted by atomic mass is 9.94. The molecule has 32 heavy (non-hydrogen) atoms. The Balaban J connectivity index is 1.60. The van der Waals surface area contributed by atoms with Gasteiger partial charge < -0.3 is 24.8 Å². The highest BCUT2D eigenvalue weighted by molar-refractivity contribution is 6.33. The van der Waals surface area contributed by atoms with Gasteiger partial charge in [-0.15, -0.1) is 0 Å². The van der Waals surface area contributed by atoms with Crippen molar-refractivity contribution in [3.63, 3.8) is 0 Å². The predicted molar refractivity (Wildman–Crippen MR) is 124 cm³/mol. The van der Waals surface area contributed by atoms with Gasteiger partial charge in [0.25, 0.3) is 5.91 Å². The summed E-state index contributed by atoms with van der Waals surface area (Å²) in [6.45, 7) is 6.80. The van der Waals surface area contributed by atoms with Crippen LogP contribution in [0.2, 0.25) is 5.02 Å². The molecule has 170 valence electrons. The number of aromatic nitrogens is 2. The Bertz CT molecular complexity index is 1060. The monoisotopic (exact) mass is 458 g/mol. The molecular formula is C22H27ClN6O3. The smallest absolute Gasteiger partial charge is 0.278 e. The number of halogens is 1. The highest BCUT2D eigenvalue weighted by atomic mass is 35.5. The largest absolute Gasteiger partial charge is 0.468 e. The first-order chi connectivity index (χ1) is 15.2. The average molecular weight is 459 g/mol. The predicted octanol–water partition coefficient (Wildman–Crippen LogP) is 2.72. The number of rotatable bonds is 5. The van der Waals surface area contributed by atoms with E-state index in [2.05, 4.69) is 32.1 Å². The molecule has 0 radical (unpaired) electrons. The normalized spacial score (nSPS) is 21.2. The summed E-state index contributed by atoms with van der Waals surface area (Å²) in [4.78, 5) is 40.1. The molecule has 1 fully saturated rings. The second kappa shape index (κ2) is 8.55. The van der Waals surface area contributed by atoms with Gasteiger partial charge in [0.05, 0.1) is 11.9 Å². The van der Waals surface area contributed by atoms with Gasteiger partial charge in [-0.1, -0.05) is 18.5 Å². The molecule has 2 aromatic rings. The summed E-state index contributed by atoms with van der Waals surface area (Å²) in [6.07, 6.45) is 1.79. The van der Waals surface area contributed by atoms with Crippen molar-refractivity contribution >= 4 is 46.4 Å². The SMILES string of the molecule is CCC(=O)C1(C)Oc2cc(Nc3nc(N4CCN(C)CC4)ncc3Cl)ccc2N(C)C1=O. The molecule has 1 N–H and O–H groups in total. The van der Waals surface area contributed by atoms with Crippen molar-refractivity contribution in [2.75, 3.05) is 55.4 Å². The first-order valence-corrected chi connectivity index (χ1v) is 11.0. The number of anilines is 4. The molecule has 1 saturated heterocycles. The highest BCUT2D eigenvalue weighted by Crippen LogP contribution is 2.40. The molecule has 2 aliphatic heterocycles. The summed E-state index contributed by atoms with van der Waals surface area (Å²) in [5.74, 6) is 0.877. The number of Topliss-reactive ketones (excluding diaryl/α,β-unsaturated/α-hetero) is 1. The van der Waals surface area contributed by atoms with E-state index in [0.717, 1.165) is 26.2 Å². The molecule has 1 amide bonds. The van der Waals surface area contributed by atoms with Crippen LogP contribution in [0.15, 0.2) is 24.4 Å². The topological polar surface area (TPSA) is 90.9 Å². The van der Waals surface area contributed by atoms with Gasteiger partial charge in [0.2, 0.25) is 11.5 Å². The average Bonchev–Trinajstić information content (AvgIpc) is 2.79. The Labute approximate surface area is 192 Å². The molecule has 2 aliphatic rings. The summed E-state index contributed by atoms with van der Waals surface area (Å²) >= 11 is 6.36. The van der Waals surface area contributed by atoms with Gasteiger partial charge in [-0.2, -0.15) is 4.98 Å². The number of benzene rings is 1. The maximum Gasteiger partial charge on any atom is 0.278 e. The Kier molecular flexibility index (Phi) is 5.96. The van der Waals surface area contributed by atoms with Crippen LogP contribution in [-0.2, 0) is 9.59 Å². The zero-order valence-corrected chi connectivity index (χ0v) is 19.4. The number of amides is 1. The molecular weight excluding hydrogens is 432 g/mol. The van der Waals surface area contributed by atoms with Gasteiger partial charge in [0.15, 0.2) is 11.6 Å². The van der Waals surface area contributed by atoms with Crippen molar-refractivity contribution in [2.45, 2.75) is 25.9 Å². The number of fused-ring (bicyclic) bond motifs is 1. The third kappa shape index (κ3) is 3.98. The minimum atomic E-state index is -1.55. The molecule has 1 unspecified atom stereocenters. The van der Waals surface area contributed by atoms with Crippen LogP contribution in [0.3, 0.4) is 0 Å². The number of nitrogens with one attached hydrogen (secondary N) is 1. The van der Waals surface area contributed by atoms with Crippen LogP contribution < -0.4 is 19.9 Å². The van der Waals surface area contributed by atoms with E-state index >= 15 is 0 Å². The van der Waals surface area contributed by atoms with Crippen molar-refractivity contribution in [1.29, 1.82) is 0 Å². The zero-order valence-electron chi connectivity index (χ0n) is 18.7. The van der Waals surface area contributed by atoms with Crippen molar-refractivity contribution < 1.29 is 14.3 Å². The molecule has 0 bridgehead atoms. The van der Waals surface area contributed by atoms with E-state index in [4.69, 9.17) is 16.3 Å². The van der Waals surface area contributed by atoms with Crippen LogP contribution >= 0.6 is 11.6 Å². The fourth-order valence-electron chi connectivity index (χ4n) is 3.90. The lowest BCUT2D eigenvalue weighted by molar-refractivity contribution is -0.146. The Hall–Kier alpha value is -2.91.